The Morgan fingerprint density at radius 3 is 2.83 bits per heavy atom. The van der Waals surface area contributed by atoms with E-state index in [0.717, 1.165) is 37.2 Å². The van der Waals surface area contributed by atoms with E-state index in [-0.39, 0.29) is 17.9 Å². The van der Waals surface area contributed by atoms with Gasteiger partial charge in [0.05, 0.1) is 31.3 Å². The van der Waals surface area contributed by atoms with Crippen LogP contribution in [0, 0.1) is 17.8 Å². The molecule has 5 rings (SSSR count). The third-order valence-electron chi connectivity index (χ3n) is 7.44. The van der Waals surface area contributed by atoms with Gasteiger partial charge in [-0.2, -0.15) is 0 Å². The molecule has 1 aliphatic carbocycles. The molecule has 0 unspecified atom stereocenters. The van der Waals surface area contributed by atoms with Gasteiger partial charge in [-0.1, -0.05) is 0 Å². The minimum atomic E-state index is -0.864. The number of aromatic amines is 1. The lowest BCUT2D eigenvalue weighted by atomic mass is 9.64. The van der Waals surface area contributed by atoms with Crippen LogP contribution >= 0.6 is 0 Å². The van der Waals surface area contributed by atoms with Gasteiger partial charge in [0.2, 0.25) is 0 Å². The summed E-state index contributed by atoms with van der Waals surface area (Å²) in [6.45, 7) is 1.78. The largest absolute Gasteiger partial charge is 0.497 e. The molecular weight excluding hydrogens is 372 g/mol. The number of rotatable bonds is 3. The van der Waals surface area contributed by atoms with Gasteiger partial charge in [-0.05, 0) is 48.8 Å². The molecule has 0 radical (unpaired) electrons. The molecule has 0 spiro atoms. The first kappa shape index (κ1) is 18.9. The molecule has 1 aromatic carbocycles. The fourth-order valence-corrected chi connectivity index (χ4v) is 6.15. The summed E-state index contributed by atoms with van der Waals surface area (Å²) >= 11 is 0. The van der Waals surface area contributed by atoms with Gasteiger partial charge in [-0.15, -0.1) is 0 Å². The molecule has 2 aromatic rings. The number of aliphatic carboxylic acids is 1. The zero-order valence-electron chi connectivity index (χ0n) is 16.8. The topological polar surface area (TPSA) is 95.0 Å². The smallest absolute Gasteiger partial charge is 0.309 e. The molecule has 3 heterocycles. The lowest BCUT2D eigenvalue weighted by molar-refractivity contribution is -0.172. The number of aliphatic hydroxyl groups excluding tert-OH is 1. The van der Waals surface area contributed by atoms with Crippen molar-refractivity contribution in [2.24, 2.45) is 17.8 Å². The Kier molecular flexibility index (Phi) is 4.57. The summed E-state index contributed by atoms with van der Waals surface area (Å²) in [4.78, 5) is 18.2. The van der Waals surface area contributed by atoms with Crippen molar-refractivity contribution in [1.29, 1.82) is 0 Å². The van der Waals surface area contributed by atoms with E-state index in [2.05, 4.69) is 16.0 Å². The second-order valence-corrected chi connectivity index (χ2v) is 8.72. The maximum Gasteiger partial charge on any atom is 0.309 e. The van der Waals surface area contributed by atoms with Crippen molar-refractivity contribution in [2.45, 2.75) is 37.5 Å². The van der Waals surface area contributed by atoms with E-state index in [1.807, 2.05) is 12.1 Å². The van der Waals surface area contributed by atoms with E-state index in [1.165, 1.54) is 23.8 Å². The van der Waals surface area contributed by atoms with Gasteiger partial charge in [-0.3, -0.25) is 9.69 Å². The molecule has 1 saturated heterocycles. The van der Waals surface area contributed by atoms with E-state index in [4.69, 9.17) is 9.47 Å². The minimum Gasteiger partial charge on any atom is -0.497 e. The number of aromatic nitrogens is 1. The highest BCUT2D eigenvalue weighted by Gasteiger charge is 2.52. The Balaban J connectivity index is 1.52. The molecule has 6 atom stereocenters. The Morgan fingerprint density at radius 2 is 2.10 bits per heavy atom. The van der Waals surface area contributed by atoms with Crippen molar-refractivity contribution in [3.05, 3.63) is 29.5 Å². The Hall–Kier alpha value is -2.09. The monoisotopic (exact) mass is 400 g/mol. The zero-order chi connectivity index (χ0) is 20.3. The normalized spacial score (nSPS) is 34.3. The summed E-state index contributed by atoms with van der Waals surface area (Å²) in [5, 5.41) is 21.7. The molecule has 156 valence electrons. The number of hydrogen-bond donors (Lipinski definition) is 3. The van der Waals surface area contributed by atoms with E-state index in [0.29, 0.717) is 6.42 Å². The molecule has 3 aliphatic rings. The van der Waals surface area contributed by atoms with E-state index >= 15 is 0 Å². The number of piperidine rings is 1. The third kappa shape index (κ3) is 2.86. The second-order valence-electron chi connectivity index (χ2n) is 8.72. The zero-order valence-corrected chi connectivity index (χ0v) is 16.8. The molecular formula is C22H28N2O5. The second kappa shape index (κ2) is 7.00. The standard InChI is InChI=1S/C22H28N2O5/c1-28-12-3-4-13-14-5-6-24-10-11-7-18(25)21(29-2)19(22(26)27)15(11)9-17(24)20(14)23-16(13)8-12/h3-4,8,11,15,17-19,21,23,25H,5-7,9-10H2,1-2H3,(H,26,27)/t11-,15-,17-,18-,19+,21+/m1/s1. The predicted molar refractivity (Wildman–Crippen MR) is 107 cm³/mol. The average Bonchev–Trinajstić information content (AvgIpc) is 3.09. The van der Waals surface area contributed by atoms with Gasteiger partial charge < -0.3 is 24.7 Å². The van der Waals surface area contributed by atoms with Gasteiger partial charge in [0.25, 0.3) is 0 Å². The van der Waals surface area contributed by atoms with Crippen molar-refractivity contribution in [3.63, 3.8) is 0 Å². The maximum absolute atomic E-state index is 12.1. The van der Waals surface area contributed by atoms with Crippen molar-refractivity contribution in [2.75, 3.05) is 27.3 Å². The molecule has 2 aliphatic heterocycles. The van der Waals surface area contributed by atoms with Crippen LogP contribution < -0.4 is 4.74 Å². The lowest BCUT2D eigenvalue weighted by Gasteiger charge is -2.52. The van der Waals surface area contributed by atoms with Crippen LogP contribution in [0.1, 0.15) is 30.1 Å². The third-order valence-corrected chi connectivity index (χ3v) is 7.44. The van der Waals surface area contributed by atoms with E-state index in [1.54, 1.807) is 7.11 Å². The number of aliphatic hydroxyl groups is 1. The fraction of sp³-hybridized carbons (Fsp3) is 0.591. The number of hydrogen-bond acceptors (Lipinski definition) is 5. The highest BCUT2D eigenvalue weighted by atomic mass is 16.5. The van der Waals surface area contributed by atoms with Crippen molar-refractivity contribution in [1.82, 2.24) is 9.88 Å². The maximum atomic E-state index is 12.1. The van der Waals surface area contributed by atoms with Gasteiger partial charge in [-0.25, -0.2) is 0 Å². The first-order valence-electron chi connectivity index (χ1n) is 10.4. The quantitative estimate of drug-likeness (QED) is 0.731. The molecule has 7 heteroatoms. The number of methoxy groups -OCH3 is 2. The van der Waals surface area contributed by atoms with E-state index in [9.17, 15) is 15.0 Å². The van der Waals surface area contributed by atoms with Gasteiger partial charge in [0, 0.05) is 42.9 Å². The Labute approximate surface area is 169 Å². The highest BCUT2D eigenvalue weighted by molar-refractivity contribution is 5.86. The summed E-state index contributed by atoms with van der Waals surface area (Å²) in [6, 6.07) is 6.31. The van der Waals surface area contributed by atoms with E-state index < -0.39 is 24.1 Å². The average molecular weight is 400 g/mol. The molecule has 1 aromatic heterocycles. The molecule has 0 amide bonds. The molecule has 3 N–H and O–H groups in total. The van der Waals surface area contributed by atoms with Crippen molar-refractivity contribution in [3.8, 4) is 5.75 Å². The van der Waals surface area contributed by atoms with Crippen LogP contribution in [0.4, 0.5) is 0 Å². The first-order chi connectivity index (χ1) is 14.0. The van der Waals surface area contributed by atoms with Crippen LogP contribution in [0.5, 0.6) is 5.75 Å². The first-order valence-corrected chi connectivity index (χ1v) is 10.4. The number of fused-ring (bicyclic) bond motifs is 6. The summed E-state index contributed by atoms with van der Waals surface area (Å²) < 4.78 is 10.8. The summed E-state index contributed by atoms with van der Waals surface area (Å²) in [6.07, 6.45) is 0.981. The number of nitrogens with one attached hydrogen (secondary N) is 1. The molecule has 0 bridgehead atoms. The number of benzene rings is 1. The summed E-state index contributed by atoms with van der Waals surface area (Å²) in [5.74, 6) is -0.539. The van der Waals surface area contributed by atoms with Crippen LogP contribution in [0.3, 0.4) is 0 Å². The minimum absolute atomic E-state index is 0.00556. The lowest BCUT2D eigenvalue weighted by Crippen LogP contribution is -2.57. The Morgan fingerprint density at radius 1 is 1.28 bits per heavy atom. The summed E-state index contributed by atoms with van der Waals surface area (Å²) in [5.41, 5.74) is 3.62. The number of carbonyl (C=O) groups is 1. The molecule has 2 fully saturated rings. The van der Waals surface area contributed by atoms with Crippen molar-refractivity contribution >= 4 is 16.9 Å². The van der Waals surface area contributed by atoms with Crippen LogP contribution in [-0.2, 0) is 16.0 Å². The Bertz CT molecular complexity index is 941. The SMILES string of the molecule is COc1ccc2c3c([nH]c2c1)[C@H]1C[C@@H]2[C@H](C[C@@H](O)[C@H](OC)[C@H]2C(=O)O)CN1CC3. The summed E-state index contributed by atoms with van der Waals surface area (Å²) in [7, 11) is 3.17. The number of H-pyrrole nitrogens is 1. The predicted octanol–water partition coefficient (Wildman–Crippen LogP) is 2.19. The van der Waals surface area contributed by atoms with Crippen LogP contribution in [0.15, 0.2) is 18.2 Å². The van der Waals surface area contributed by atoms with Crippen LogP contribution in [0.25, 0.3) is 10.9 Å². The van der Waals surface area contributed by atoms with Crippen LogP contribution in [0.2, 0.25) is 0 Å². The number of carboxylic acids is 1. The number of ether oxygens (including phenoxy) is 2. The van der Waals surface area contributed by atoms with Crippen LogP contribution in [-0.4, -0.2) is 65.6 Å². The highest BCUT2D eigenvalue weighted by Crippen LogP contribution is 2.49. The van der Waals surface area contributed by atoms with Crippen molar-refractivity contribution < 1.29 is 24.5 Å². The number of carboxylic acid groups (broad SMARTS) is 1. The van der Waals surface area contributed by atoms with Gasteiger partial charge in [0.1, 0.15) is 5.75 Å². The molecule has 1 saturated carbocycles. The molecule has 29 heavy (non-hydrogen) atoms. The van der Waals surface area contributed by atoms with Gasteiger partial charge >= 0.3 is 5.97 Å². The molecule has 7 nitrogen and oxygen atoms in total. The fourth-order valence-electron chi connectivity index (χ4n) is 6.15. The van der Waals surface area contributed by atoms with Gasteiger partial charge in [0.15, 0.2) is 0 Å². The number of nitrogens with zero attached hydrogens (tertiary/aromatic N) is 1.